The van der Waals surface area contributed by atoms with E-state index >= 15 is 0 Å². The van der Waals surface area contributed by atoms with Gasteiger partial charge in [0.15, 0.2) is 0 Å². The Kier molecular flexibility index (Phi) is 11.2. The molecule has 0 bridgehead atoms. The van der Waals surface area contributed by atoms with E-state index < -0.39 is 0 Å². The summed E-state index contributed by atoms with van der Waals surface area (Å²) in [5.41, 5.74) is 9.93. The molecule has 0 radical (unpaired) electrons. The molecule has 292 valence electrons. The second-order valence-corrected chi connectivity index (χ2v) is 13.5. The zero-order valence-electron chi connectivity index (χ0n) is 32.7. The molecule has 0 atom stereocenters. The Morgan fingerprint density at radius 1 is 0.424 bits per heavy atom. The van der Waals surface area contributed by atoms with Crippen LogP contribution in [0.3, 0.4) is 0 Å². The molecule has 4 heterocycles. The molecular weight excluding hydrogens is 916 g/mol. The van der Waals surface area contributed by atoms with Gasteiger partial charge in [-0.25, -0.2) is 0 Å². The fraction of sp³-hybridized carbons (Fsp3) is 0.0800. The minimum absolute atomic E-state index is 0. The average molecular weight is 954 g/mol. The van der Waals surface area contributed by atoms with Crippen molar-refractivity contribution in [2.24, 2.45) is 0 Å². The normalized spacial score (nSPS) is 10.9. The predicted octanol–water partition coefficient (Wildman–Crippen LogP) is 11.3. The van der Waals surface area contributed by atoms with Crippen LogP contribution < -0.4 is 18.9 Å². The molecular formula is C50H38N4O4Pt. The predicted molar refractivity (Wildman–Crippen MR) is 232 cm³/mol. The molecule has 4 aromatic heterocycles. The van der Waals surface area contributed by atoms with Crippen molar-refractivity contribution >= 4 is 43.6 Å². The Labute approximate surface area is 356 Å². The summed E-state index contributed by atoms with van der Waals surface area (Å²) in [6.07, 6.45) is 3.65. The number of rotatable bonds is 8. The third-order valence-corrected chi connectivity index (χ3v) is 10.3. The molecule has 0 saturated heterocycles. The average Bonchev–Trinajstić information content (AvgIpc) is 3.82. The van der Waals surface area contributed by atoms with Crippen molar-refractivity contribution in [2.45, 2.75) is 0 Å². The van der Waals surface area contributed by atoms with Gasteiger partial charge in [0.2, 0.25) is 0 Å². The van der Waals surface area contributed by atoms with E-state index in [4.69, 9.17) is 18.9 Å². The number of fused-ring (bicyclic) bond motifs is 6. The summed E-state index contributed by atoms with van der Waals surface area (Å²) >= 11 is 0. The molecule has 6 aromatic carbocycles. The molecule has 0 amide bonds. The van der Waals surface area contributed by atoms with Crippen LogP contribution in [0.4, 0.5) is 0 Å². The molecule has 0 fully saturated rings. The molecule has 0 aliphatic heterocycles. The fourth-order valence-electron chi connectivity index (χ4n) is 7.66. The number of methoxy groups -OCH3 is 4. The molecule has 0 unspecified atom stereocenters. The minimum atomic E-state index is 0. The van der Waals surface area contributed by atoms with E-state index in [1.165, 1.54) is 21.5 Å². The topological polar surface area (TPSA) is 72.6 Å². The first-order valence-corrected chi connectivity index (χ1v) is 18.8. The van der Waals surface area contributed by atoms with Crippen LogP contribution in [0.15, 0.2) is 158 Å². The Morgan fingerprint density at radius 3 is 1.08 bits per heavy atom. The number of ether oxygens (including phenoxy) is 4. The second-order valence-electron chi connectivity index (χ2n) is 13.5. The van der Waals surface area contributed by atoms with Gasteiger partial charge < -0.3 is 38.0 Å². The van der Waals surface area contributed by atoms with E-state index in [1.807, 2.05) is 36.7 Å². The number of hydrogen-bond acceptors (Lipinski definition) is 6. The zero-order valence-corrected chi connectivity index (χ0v) is 35.0. The summed E-state index contributed by atoms with van der Waals surface area (Å²) in [7, 11) is 6.54. The van der Waals surface area contributed by atoms with Crippen molar-refractivity contribution in [3.63, 3.8) is 0 Å². The van der Waals surface area contributed by atoms with Gasteiger partial charge in [-0.3, -0.25) is 0 Å². The minimum Gasteiger partial charge on any atom is -0.540 e. The third kappa shape index (κ3) is 7.17. The van der Waals surface area contributed by atoms with Gasteiger partial charge in [-0.1, -0.05) is 108 Å². The van der Waals surface area contributed by atoms with E-state index in [0.717, 1.165) is 56.0 Å². The maximum absolute atomic E-state index is 5.56. The van der Waals surface area contributed by atoms with Gasteiger partial charge in [0.1, 0.15) is 0 Å². The number of para-hydroxylation sites is 4. The maximum Gasteiger partial charge on any atom is 2.00 e. The first-order valence-electron chi connectivity index (χ1n) is 18.8. The molecule has 0 N–H and O–H groups in total. The molecule has 8 nitrogen and oxygen atoms in total. The van der Waals surface area contributed by atoms with Crippen molar-refractivity contribution in [1.82, 2.24) is 19.1 Å². The van der Waals surface area contributed by atoms with Gasteiger partial charge in [-0.15, -0.1) is 24.3 Å². The number of nitrogens with zero attached hydrogens (tertiary/aromatic N) is 4. The molecule has 10 rings (SSSR count). The summed E-state index contributed by atoms with van der Waals surface area (Å²) < 4.78 is 26.2. The van der Waals surface area contributed by atoms with E-state index in [0.29, 0.717) is 23.0 Å². The van der Waals surface area contributed by atoms with Crippen LogP contribution >= 0.6 is 0 Å². The van der Waals surface area contributed by atoms with Crippen molar-refractivity contribution in [3.8, 4) is 56.9 Å². The first kappa shape index (κ1) is 39.0. The third-order valence-electron chi connectivity index (χ3n) is 10.3. The Morgan fingerprint density at radius 2 is 0.763 bits per heavy atom. The van der Waals surface area contributed by atoms with Crippen LogP contribution in [0.25, 0.3) is 77.5 Å². The van der Waals surface area contributed by atoms with Crippen molar-refractivity contribution in [3.05, 3.63) is 170 Å². The number of hydrogen-bond donors (Lipinski definition) is 0. The SMILES string of the molecule is COc1c[c-]c(-c2cc(-n3c4ccccc4c4ccccc43)ccn2)c(OC)c1.COc1c[c-]c(-c2cc(-n3c4ccccc4c4ccccc43)ccn2)c(OC)c1.[Pt+2]. The summed E-state index contributed by atoms with van der Waals surface area (Å²) in [5, 5.41) is 4.93. The monoisotopic (exact) mass is 953 g/mol. The van der Waals surface area contributed by atoms with Crippen molar-refractivity contribution < 1.29 is 40.0 Å². The Bertz CT molecular complexity index is 2780. The molecule has 9 heteroatoms. The Hall–Kier alpha value is -6.89. The van der Waals surface area contributed by atoms with E-state index in [-0.39, 0.29) is 21.1 Å². The molecule has 0 aliphatic carbocycles. The van der Waals surface area contributed by atoms with E-state index in [9.17, 15) is 0 Å². The van der Waals surface area contributed by atoms with Gasteiger partial charge in [0.25, 0.3) is 0 Å². The van der Waals surface area contributed by atoms with Gasteiger partial charge in [-0.2, -0.15) is 0 Å². The van der Waals surface area contributed by atoms with Gasteiger partial charge in [0, 0.05) is 68.3 Å². The molecule has 0 saturated carbocycles. The van der Waals surface area contributed by atoms with Crippen molar-refractivity contribution in [2.75, 3.05) is 28.4 Å². The van der Waals surface area contributed by atoms with Crippen LogP contribution in [-0.2, 0) is 21.1 Å². The number of pyridine rings is 2. The van der Waals surface area contributed by atoms with E-state index in [1.54, 1.807) is 40.6 Å². The first-order chi connectivity index (χ1) is 28.6. The molecule has 10 aromatic rings. The second kappa shape index (κ2) is 16.9. The molecule has 59 heavy (non-hydrogen) atoms. The fourth-order valence-corrected chi connectivity index (χ4v) is 7.66. The van der Waals surface area contributed by atoms with E-state index in [2.05, 4.69) is 140 Å². The standard InChI is InChI=1S/2C25H19N2O2.Pt/c2*1-28-18-11-12-21(25(16-18)29-2)22-15-17(13-14-26-22)27-23-9-5-3-7-19(23)20-8-4-6-10-24(20)27;/h2*3-11,13-16H,1-2H3;/q2*-1;+2. The van der Waals surface area contributed by atoms with Gasteiger partial charge in [0.05, 0.1) is 50.5 Å². The van der Waals surface area contributed by atoms with Crippen LogP contribution in [0.1, 0.15) is 0 Å². The zero-order chi connectivity index (χ0) is 39.6. The van der Waals surface area contributed by atoms with Crippen molar-refractivity contribution in [1.29, 1.82) is 0 Å². The summed E-state index contributed by atoms with van der Waals surface area (Å²) in [5.74, 6) is 2.75. The number of benzene rings is 6. The molecule has 0 aliphatic rings. The van der Waals surface area contributed by atoms with Crippen LogP contribution in [0.5, 0.6) is 23.0 Å². The van der Waals surface area contributed by atoms with Crippen LogP contribution in [0.2, 0.25) is 0 Å². The summed E-state index contributed by atoms with van der Waals surface area (Å²) in [4.78, 5) is 9.16. The Balaban J connectivity index is 0.000000161. The smallest absolute Gasteiger partial charge is 0.540 e. The van der Waals surface area contributed by atoms with Crippen LogP contribution in [0, 0.1) is 12.1 Å². The van der Waals surface area contributed by atoms with Gasteiger partial charge >= 0.3 is 21.1 Å². The van der Waals surface area contributed by atoms with Gasteiger partial charge in [-0.05, 0) is 47.8 Å². The molecule has 0 spiro atoms. The largest absolute Gasteiger partial charge is 2.00 e. The summed E-state index contributed by atoms with van der Waals surface area (Å²) in [6.45, 7) is 0. The maximum atomic E-state index is 5.56. The number of aromatic nitrogens is 4. The quantitative estimate of drug-likeness (QED) is 0.141. The summed E-state index contributed by atoms with van der Waals surface area (Å²) in [6, 6.07) is 55.8. The van der Waals surface area contributed by atoms with Crippen LogP contribution in [-0.4, -0.2) is 47.5 Å².